The number of hydrogen-bond donors (Lipinski definition) is 0. The fourth-order valence-corrected chi connectivity index (χ4v) is 9.25. The summed E-state index contributed by atoms with van der Waals surface area (Å²) in [4.78, 5) is 38.3. The first-order valence-corrected chi connectivity index (χ1v) is 32.4. The lowest BCUT2D eigenvalue weighted by Gasteiger charge is -2.18. The van der Waals surface area contributed by atoms with Crippen molar-refractivity contribution >= 4 is 17.9 Å². The van der Waals surface area contributed by atoms with Gasteiger partial charge in [0.2, 0.25) is 0 Å². The fourth-order valence-electron chi connectivity index (χ4n) is 9.25. The van der Waals surface area contributed by atoms with Gasteiger partial charge in [-0.25, -0.2) is 0 Å². The number of esters is 3. The summed E-state index contributed by atoms with van der Waals surface area (Å²) in [7, 11) is 0. The summed E-state index contributed by atoms with van der Waals surface area (Å²) < 4.78 is 16.9. The molecule has 0 aromatic heterocycles. The maximum atomic E-state index is 12.9. The van der Waals surface area contributed by atoms with Gasteiger partial charge in [-0.1, -0.05) is 273 Å². The molecule has 0 aromatic rings. The van der Waals surface area contributed by atoms with E-state index in [0.29, 0.717) is 19.3 Å². The van der Waals surface area contributed by atoms with Gasteiger partial charge in [-0.05, 0) is 109 Å². The van der Waals surface area contributed by atoms with E-state index in [1.165, 1.54) is 218 Å². The molecule has 0 fully saturated rings. The summed E-state index contributed by atoms with van der Waals surface area (Å²) in [6, 6.07) is 0. The molecule has 0 aliphatic carbocycles. The summed E-state index contributed by atoms with van der Waals surface area (Å²) in [5.41, 5.74) is 0. The van der Waals surface area contributed by atoms with E-state index in [9.17, 15) is 14.4 Å². The first-order valence-electron chi connectivity index (χ1n) is 32.4. The molecule has 0 saturated carbocycles. The highest BCUT2D eigenvalue weighted by molar-refractivity contribution is 5.71. The number of allylic oxidation sites excluding steroid dienone is 12. The van der Waals surface area contributed by atoms with Crippen LogP contribution in [0.1, 0.15) is 329 Å². The maximum absolute atomic E-state index is 12.9. The molecule has 0 amide bonds. The molecule has 1 atom stereocenters. The molecular weight excluding hydrogens is 925 g/mol. The van der Waals surface area contributed by atoms with Crippen LogP contribution in [0.5, 0.6) is 0 Å². The normalized spacial score (nSPS) is 12.5. The summed E-state index contributed by atoms with van der Waals surface area (Å²) in [6.45, 7) is 6.60. The van der Waals surface area contributed by atoms with Gasteiger partial charge in [-0.3, -0.25) is 14.4 Å². The van der Waals surface area contributed by atoms with Crippen molar-refractivity contribution in [3.05, 3.63) is 72.9 Å². The molecular formula is C69H122O6. The highest BCUT2D eigenvalue weighted by Crippen LogP contribution is 2.16. The van der Waals surface area contributed by atoms with E-state index in [4.69, 9.17) is 14.2 Å². The first kappa shape index (κ1) is 71.8. The van der Waals surface area contributed by atoms with Gasteiger partial charge in [-0.15, -0.1) is 0 Å². The number of carbonyl (C=O) groups is 3. The van der Waals surface area contributed by atoms with Gasteiger partial charge in [0, 0.05) is 19.3 Å². The van der Waals surface area contributed by atoms with Gasteiger partial charge in [0.1, 0.15) is 13.2 Å². The van der Waals surface area contributed by atoms with Crippen LogP contribution in [0.3, 0.4) is 0 Å². The van der Waals surface area contributed by atoms with Crippen molar-refractivity contribution in [3.63, 3.8) is 0 Å². The van der Waals surface area contributed by atoms with Crippen LogP contribution in [-0.2, 0) is 28.6 Å². The van der Waals surface area contributed by atoms with Gasteiger partial charge >= 0.3 is 17.9 Å². The third-order valence-corrected chi connectivity index (χ3v) is 14.2. The highest BCUT2D eigenvalue weighted by Gasteiger charge is 2.19. The summed E-state index contributed by atoms with van der Waals surface area (Å²) in [5, 5.41) is 0. The monoisotopic (exact) mass is 1050 g/mol. The summed E-state index contributed by atoms with van der Waals surface area (Å²) in [5.74, 6) is -0.936. The quantitative estimate of drug-likeness (QED) is 0.0261. The predicted molar refractivity (Wildman–Crippen MR) is 325 cm³/mol. The molecule has 0 spiro atoms. The van der Waals surface area contributed by atoms with Crippen molar-refractivity contribution in [2.24, 2.45) is 0 Å². The molecule has 0 aromatic carbocycles. The minimum absolute atomic E-state index is 0.0919. The van der Waals surface area contributed by atoms with Crippen molar-refractivity contribution in [3.8, 4) is 0 Å². The lowest BCUT2D eigenvalue weighted by atomic mass is 10.0. The average Bonchev–Trinajstić information content (AvgIpc) is 3.41. The third kappa shape index (κ3) is 61.6. The van der Waals surface area contributed by atoms with Gasteiger partial charge in [0.15, 0.2) is 6.10 Å². The Morgan fingerprint density at radius 1 is 0.267 bits per heavy atom. The Morgan fingerprint density at radius 3 is 0.840 bits per heavy atom. The zero-order valence-corrected chi connectivity index (χ0v) is 49.8. The van der Waals surface area contributed by atoms with Crippen LogP contribution in [0.25, 0.3) is 0 Å². The van der Waals surface area contributed by atoms with Gasteiger partial charge in [0.05, 0.1) is 0 Å². The largest absolute Gasteiger partial charge is 0.462 e. The lowest BCUT2D eigenvalue weighted by molar-refractivity contribution is -0.167. The Bertz CT molecular complexity index is 1390. The predicted octanol–water partition coefficient (Wildman–Crippen LogP) is 22.1. The van der Waals surface area contributed by atoms with Crippen LogP contribution < -0.4 is 0 Å². The van der Waals surface area contributed by atoms with Crippen molar-refractivity contribution in [1.82, 2.24) is 0 Å². The van der Waals surface area contributed by atoms with E-state index in [0.717, 1.165) is 64.2 Å². The smallest absolute Gasteiger partial charge is 0.306 e. The van der Waals surface area contributed by atoms with E-state index < -0.39 is 6.10 Å². The van der Waals surface area contributed by atoms with E-state index in [1.54, 1.807) is 0 Å². The summed E-state index contributed by atoms with van der Waals surface area (Å²) >= 11 is 0. The van der Waals surface area contributed by atoms with Gasteiger partial charge in [0.25, 0.3) is 0 Å². The van der Waals surface area contributed by atoms with Crippen LogP contribution in [0.15, 0.2) is 72.9 Å². The third-order valence-electron chi connectivity index (χ3n) is 14.2. The number of hydrogen-bond acceptors (Lipinski definition) is 6. The Kier molecular flexibility index (Phi) is 60.7. The van der Waals surface area contributed by atoms with E-state index in [-0.39, 0.29) is 37.5 Å². The van der Waals surface area contributed by atoms with Crippen molar-refractivity contribution < 1.29 is 28.6 Å². The molecule has 6 nitrogen and oxygen atoms in total. The molecule has 434 valence electrons. The van der Waals surface area contributed by atoms with Crippen LogP contribution in [0, 0.1) is 0 Å². The molecule has 0 N–H and O–H groups in total. The molecule has 0 unspecified atom stereocenters. The number of rotatable bonds is 59. The van der Waals surface area contributed by atoms with E-state index >= 15 is 0 Å². The number of ether oxygens (including phenoxy) is 3. The molecule has 0 aliphatic rings. The standard InChI is InChI=1S/C69H122O6/c1-4-7-10-13-16-19-22-25-28-31-33-34-36-39-42-45-48-51-54-57-60-63-69(72)75-66(64-73-67(70)61-58-55-52-49-46-43-40-37-30-27-24-21-18-15-12-9-6-3)65-74-68(71)62-59-56-53-50-47-44-41-38-35-32-29-26-23-20-17-14-11-8-5-2/h17,20,25-30,40,43,49,52,66H,4-16,18-19,21-24,31-39,41-42,44-48,50-51,53-65H2,1-3H3/b20-17-,28-25-,29-26-,30-27-,43-40-,52-49-/t66-/m0/s1. The second kappa shape index (κ2) is 63.4. The van der Waals surface area contributed by atoms with E-state index in [1.807, 2.05) is 0 Å². The molecule has 0 rings (SSSR count). The molecule has 0 radical (unpaired) electrons. The minimum Gasteiger partial charge on any atom is -0.462 e. The molecule has 6 heteroatoms. The van der Waals surface area contributed by atoms with Crippen LogP contribution in [-0.4, -0.2) is 37.2 Å². The molecule has 0 heterocycles. The molecule has 0 saturated heterocycles. The summed E-state index contributed by atoms with van der Waals surface area (Å²) in [6.07, 6.45) is 81.9. The Labute approximate surface area is 465 Å². The second-order valence-corrected chi connectivity index (χ2v) is 21.7. The lowest BCUT2D eigenvalue weighted by Crippen LogP contribution is -2.30. The van der Waals surface area contributed by atoms with Gasteiger partial charge < -0.3 is 14.2 Å². The van der Waals surface area contributed by atoms with Crippen molar-refractivity contribution in [2.75, 3.05) is 13.2 Å². The number of carbonyl (C=O) groups excluding carboxylic acids is 3. The molecule has 75 heavy (non-hydrogen) atoms. The SMILES string of the molecule is CCCCC/C=C\C/C=C\CCCCCCCCCCCC(=O)OC[C@H](COC(=O)CCC/C=C\C/C=C\C/C=C\CCCCCCCC)OC(=O)CCCCCCCCCCCCC/C=C\CCCCCCCC. The average molecular weight is 1050 g/mol. The van der Waals surface area contributed by atoms with Crippen molar-refractivity contribution in [1.29, 1.82) is 0 Å². The van der Waals surface area contributed by atoms with Crippen molar-refractivity contribution in [2.45, 2.75) is 335 Å². The first-order chi connectivity index (χ1) is 37.0. The van der Waals surface area contributed by atoms with Crippen LogP contribution in [0.2, 0.25) is 0 Å². The molecule has 0 bridgehead atoms. The Morgan fingerprint density at radius 2 is 0.493 bits per heavy atom. The van der Waals surface area contributed by atoms with Gasteiger partial charge in [-0.2, -0.15) is 0 Å². The minimum atomic E-state index is -0.799. The molecule has 0 aliphatic heterocycles. The van der Waals surface area contributed by atoms with E-state index in [2.05, 4.69) is 93.7 Å². The fraction of sp³-hybridized carbons (Fsp3) is 0.783. The van der Waals surface area contributed by atoms with Crippen LogP contribution in [0.4, 0.5) is 0 Å². The highest BCUT2D eigenvalue weighted by atomic mass is 16.6. The number of unbranched alkanes of at least 4 members (excludes halogenated alkanes) is 36. The Hall–Kier alpha value is -3.15. The van der Waals surface area contributed by atoms with Crippen LogP contribution >= 0.6 is 0 Å². The zero-order chi connectivity index (χ0) is 54.3. The topological polar surface area (TPSA) is 78.9 Å². The maximum Gasteiger partial charge on any atom is 0.306 e. The second-order valence-electron chi connectivity index (χ2n) is 21.7. The Balaban J connectivity index is 4.42. The zero-order valence-electron chi connectivity index (χ0n) is 49.8.